The molecule has 0 rings (SSSR count). The van der Waals surface area contributed by atoms with Crippen LogP contribution in [0.4, 0.5) is 0 Å². The molecule has 0 atom stereocenters. The normalized spacial score (nSPS) is 12.9. The Morgan fingerprint density at radius 3 is 1.40 bits per heavy atom. The molecule has 7 nitrogen and oxygen atoms in total. The van der Waals surface area contributed by atoms with Gasteiger partial charge in [-0.2, -0.15) is 16.8 Å². The second-order valence-corrected chi connectivity index (χ2v) is 5.18. The van der Waals surface area contributed by atoms with E-state index in [1.165, 1.54) is 0 Å². The molecule has 92 valence electrons. The summed E-state index contributed by atoms with van der Waals surface area (Å²) in [6.07, 6.45) is 0.830. The fourth-order valence-electron chi connectivity index (χ4n) is 0.512. The summed E-state index contributed by atoms with van der Waals surface area (Å²) in [6, 6.07) is 0. The third-order valence-corrected chi connectivity index (χ3v) is 3.27. The van der Waals surface area contributed by atoms with Crippen molar-refractivity contribution in [1.82, 2.24) is 0 Å². The van der Waals surface area contributed by atoms with E-state index in [-0.39, 0.29) is 13.2 Å². The summed E-state index contributed by atoms with van der Waals surface area (Å²) in [5.74, 6) is 0. The fraction of sp³-hybridized carbons (Fsp3) is 1.00. The van der Waals surface area contributed by atoms with Gasteiger partial charge in [0.25, 0.3) is 0 Å². The van der Waals surface area contributed by atoms with E-state index < -0.39 is 20.8 Å². The van der Waals surface area contributed by atoms with Gasteiger partial charge in [-0.15, -0.1) is 3.63 Å². The monoisotopic (exact) mass is 262 g/mol. The van der Waals surface area contributed by atoms with E-state index in [9.17, 15) is 16.8 Å². The maximum Gasteiger partial charge on any atom is 0.416 e. The first-order chi connectivity index (χ1) is 6.83. The van der Waals surface area contributed by atoms with Crippen molar-refractivity contribution in [2.75, 3.05) is 13.2 Å². The third-order valence-electron chi connectivity index (χ3n) is 1.03. The molecule has 0 saturated carbocycles. The van der Waals surface area contributed by atoms with Crippen molar-refractivity contribution in [1.29, 1.82) is 0 Å². The van der Waals surface area contributed by atoms with Gasteiger partial charge in [-0.25, -0.2) is 8.37 Å². The molecule has 9 heteroatoms. The summed E-state index contributed by atoms with van der Waals surface area (Å²) in [5.41, 5.74) is 0. The van der Waals surface area contributed by atoms with Crippen LogP contribution in [0.25, 0.3) is 0 Å². The van der Waals surface area contributed by atoms with Crippen LogP contribution >= 0.6 is 0 Å². The molecule has 0 aromatic heterocycles. The van der Waals surface area contributed by atoms with Crippen LogP contribution in [0.3, 0.4) is 0 Å². The van der Waals surface area contributed by atoms with E-state index in [4.69, 9.17) is 0 Å². The van der Waals surface area contributed by atoms with Crippen LogP contribution in [0.1, 0.15) is 26.7 Å². The highest BCUT2D eigenvalue weighted by atomic mass is 32.3. The zero-order valence-corrected chi connectivity index (χ0v) is 10.1. The molecule has 0 spiro atoms. The first kappa shape index (κ1) is 14.8. The van der Waals surface area contributed by atoms with E-state index in [0.717, 1.165) is 0 Å². The van der Waals surface area contributed by atoms with Gasteiger partial charge in [0.05, 0.1) is 13.2 Å². The average Bonchev–Trinajstić information content (AvgIpc) is 2.10. The summed E-state index contributed by atoms with van der Waals surface area (Å²) < 4.78 is 55.6. The third kappa shape index (κ3) is 7.68. The highest BCUT2D eigenvalue weighted by Gasteiger charge is 2.24. The van der Waals surface area contributed by atoms with Crippen LogP contribution < -0.4 is 0 Å². The van der Waals surface area contributed by atoms with Crippen molar-refractivity contribution in [3.05, 3.63) is 0 Å². The Kier molecular flexibility index (Phi) is 6.29. The van der Waals surface area contributed by atoms with Gasteiger partial charge in [0.15, 0.2) is 0 Å². The minimum atomic E-state index is -4.54. The lowest BCUT2D eigenvalue weighted by Crippen LogP contribution is -2.18. The largest absolute Gasteiger partial charge is 0.416 e. The van der Waals surface area contributed by atoms with Crippen molar-refractivity contribution in [2.45, 2.75) is 26.7 Å². The average molecular weight is 262 g/mol. The smallest absolute Gasteiger partial charge is 0.247 e. The predicted molar refractivity (Wildman–Crippen MR) is 51.4 cm³/mol. The van der Waals surface area contributed by atoms with E-state index >= 15 is 0 Å². The summed E-state index contributed by atoms with van der Waals surface area (Å²) in [4.78, 5) is 0. The standard InChI is InChI=1S/C6H14O7S2/c1-3-5-11-14(7,8)13-15(9,10)12-6-4-2/h3-6H2,1-2H3. The first-order valence-corrected chi connectivity index (χ1v) is 6.99. The van der Waals surface area contributed by atoms with Crippen molar-refractivity contribution in [2.24, 2.45) is 0 Å². The highest BCUT2D eigenvalue weighted by Crippen LogP contribution is 2.06. The lowest BCUT2D eigenvalue weighted by Gasteiger charge is -2.04. The predicted octanol–water partition coefficient (Wildman–Crippen LogP) is 0.346. The first-order valence-electron chi connectivity index (χ1n) is 4.32. The van der Waals surface area contributed by atoms with Crippen molar-refractivity contribution in [3.8, 4) is 0 Å². The second kappa shape index (κ2) is 6.38. The van der Waals surface area contributed by atoms with Crippen molar-refractivity contribution < 1.29 is 28.8 Å². The topological polar surface area (TPSA) is 96.0 Å². The van der Waals surface area contributed by atoms with E-state index in [0.29, 0.717) is 12.8 Å². The summed E-state index contributed by atoms with van der Waals surface area (Å²) in [5, 5.41) is 0. The van der Waals surface area contributed by atoms with Crippen LogP contribution in [0.2, 0.25) is 0 Å². The lowest BCUT2D eigenvalue weighted by atomic mass is 10.5. The molecule has 0 amide bonds. The maximum absolute atomic E-state index is 10.9. The Balaban J connectivity index is 4.32. The number of rotatable bonds is 8. The van der Waals surface area contributed by atoms with Crippen LogP contribution in [0.5, 0.6) is 0 Å². The van der Waals surface area contributed by atoms with Gasteiger partial charge in [0.1, 0.15) is 0 Å². The Morgan fingerprint density at radius 2 is 1.13 bits per heavy atom. The molecule has 0 N–H and O–H groups in total. The van der Waals surface area contributed by atoms with Gasteiger partial charge < -0.3 is 0 Å². The minimum Gasteiger partial charge on any atom is -0.247 e. The van der Waals surface area contributed by atoms with Crippen LogP contribution in [0, 0.1) is 0 Å². The lowest BCUT2D eigenvalue weighted by molar-refractivity contribution is 0.239. The number of hydrogen-bond donors (Lipinski definition) is 0. The van der Waals surface area contributed by atoms with Gasteiger partial charge in [-0.3, -0.25) is 0 Å². The van der Waals surface area contributed by atoms with E-state index in [1.807, 2.05) is 0 Å². The number of hydrogen-bond acceptors (Lipinski definition) is 7. The molecule has 0 bridgehead atoms. The van der Waals surface area contributed by atoms with Crippen LogP contribution in [-0.2, 0) is 32.8 Å². The molecule has 0 aromatic carbocycles. The van der Waals surface area contributed by atoms with Crippen LogP contribution in [-0.4, -0.2) is 30.0 Å². The van der Waals surface area contributed by atoms with E-state index in [1.54, 1.807) is 13.8 Å². The summed E-state index contributed by atoms with van der Waals surface area (Å²) in [6.45, 7) is 3.03. The molecule has 0 radical (unpaired) electrons. The molecule has 0 aliphatic heterocycles. The highest BCUT2D eigenvalue weighted by molar-refractivity contribution is 7.95. The SMILES string of the molecule is CCCOS(=O)(=O)OS(=O)(=O)OCCC. The van der Waals surface area contributed by atoms with Gasteiger partial charge in [-0.1, -0.05) is 13.8 Å². The Hall–Kier alpha value is -0.220. The molecule has 0 aliphatic rings. The zero-order chi connectivity index (χ0) is 11.9. The van der Waals surface area contributed by atoms with Gasteiger partial charge in [0, 0.05) is 0 Å². The van der Waals surface area contributed by atoms with Crippen molar-refractivity contribution >= 4 is 20.8 Å². The molecule has 0 heterocycles. The van der Waals surface area contributed by atoms with Gasteiger partial charge in [-0.05, 0) is 12.8 Å². The molecule has 15 heavy (non-hydrogen) atoms. The fourth-order valence-corrected chi connectivity index (χ4v) is 2.38. The second-order valence-electron chi connectivity index (χ2n) is 2.53. The molecule has 0 fully saturated rings. The van der Waals surface area contributed by atoms with Crippen LogP contribution in [0.15, 0.2) is 0 Å². The molecule has 0 saturated heterocycles. The molecule has 0 aromatic rings. The Morgan fingerprint density at radius 1 is 0.800 bits per heavy atom. The minimum absolute atomic E-state index is 0.147. The zero-order valence-electron chi connectivity index (χ0n) is 8.50. The van der Waals surface area contributed by atoms with E-state index in [2.05, 4.69) is 12.0 Å². The Bertz CT molecular complexity index is 319. The maximum atomic E-state index is 10.9. The molecular weight excluding hydrogens is 248 g/mol. The molecular formula is C6H14O7S2. The molecule has 0 unspecified atom stereocenters. The molecule has 0 aliphatic carbocycles. The summed E-state index contributed by atoms with van der Waals surface area (Å²) >= 11 is 0. The summed E-state index contributed by atoms with van der Waals surface area (Å²) in [7, 11) is -9.09. The van der Waals surface area contributed by atoms with Gasteiger partial charge in [0.2, 0.25) is 0 Å². The quantitative estimate of drug-likeness (QED) is 0.622. The van der Waals surface area contributed by atoms with Gasteiger partial charge >= 0.3 is 20.8 Å². The van der Waals surface area contributed by atoms with Crippen molar-refractivity contribution in [3.63, 3.8) is 0 Å². The Labute approximate surface area is 90.0 Å².